The third-order valence-electron chi connectivity index (χ3n) is 4.02. The van der Waals surface area contributed by atoms with E-state index in [1.165, 1.54) is 12.8 Å². The van der Waals surface area contributed by atoms with Gasteiger partial charge in [0.25, 0.3) is 0 Å². The maximum Gasteiger partial charge on any atom is 0.208 e. The van der Waals surface area contributed by atoms with E-state index in [1.807, 2.05) is 6.92 Å². The molecule has 1 aromatic rings. The highest BCUT2D eigenvalue weighted by Gasteiger charge is 2.43. The molecule has 0 aromatic carbocycles. The lowest BCUT2D eigenvalue weighted by molar-refractivity contribution is 0.113. The molecule has 1 aliphatic heterocycles. The summed E-state index contributed by atoms with van der Waals surface area (Å²) in [5.74, 6) is 2.62. The number of aryl methyl sites for hydroxylation is 1. The van der Waals surface area contributed by atoms with Crippen LogP contribution in [0.2, 0.25) is 0 Å². The van der Waals surface area contributed by atoms with E-state index in [2.05, 4.69) is 22.1 Å². The summed E-state index contributed by atoms with van der Waals surface area (Å²) in [6, 6.07) is 0. The van der Waals surface area contributed by atoms with Gasteiger partial charge in [0.1, 0.15) is 5.76 Å². The first-order valence-corrected chi connectivity index (χ1v) is 6.54. The van der Waals surface area contributed by atoms with Crippen molar-refractivity contribution in [2.75, 3.05) is 19.6 Å². The molecule has 1 atom stereocenters. The molecular formula is C13H21N3O. The number of nitrogens with zero attached hydrogens (tertiary/aromatic N) is 2. The van der Waals surface area contributed by atoms with Crippen molar-refractivity contribution in [2.24, 2.45) is 5.92 Å². The van der Waals surface area contributed by atoms with Gasteiger partial charge in [-0.2, -0.15) is 0 Å². The van der Waals surface area contributed by atoms with Crippen molar-refractivity contribution >= 4 is 0 Å². The summed E-state index contributed by atoms with van der Waals surface area (Å²) in [4.78, 5) is 6.75. The molecule has 0 spiro atoms. The monoisotopic (exact) mass is 235 g/mol. The molecule has 3 rings (SSSR count). The Labute approximate surface area is 102 Å². The average Bonchev–Trinajstić information content (AvgIpc) is 3.05. The summed E-state index contributed by atoms with van der Waals surface area (Å²) in [5, 5.41) is 3.69. The molecule has 0 amide bonds. The second-order valence-corrected chi connectivity index (χ2v) is 5.69. The van der Waals surface area contributed by atoms with Crippen LogP contribution in [0.4, 0.5) is 0 Å². The van der Waals surface area contributed by atoms with E-state index in [4.69, 9.17) is 4.42 Å². The Balaban J connectivity index is 1.63. The molecule has 94 valence electrons. The molecule has 1 unspecified atom stereocenters. The quantitative estimate of drug-likeness (QED) is 0.863. The van der Waals surface area contributed by atoms with Crippen LogP contribution in [0.3, 0.4) is 0 Å². The number of hydrogen-bond acceptors (Lipinski definition) is 4. The smallest absolute Gasteiger partial charge is 0.208 e. The minimum Gasteiger partial charge on any atom is -0.445 e. The summed E-state index contributed by atoms with van der Waals surface area (Å²) in [5.41, 5.74) is 0.305. The molecule has 1 saturated heterocycles. The molecule has 17 heavy (non-hydrogen) atoms. The van der Waals surface area contributed by atoms with Crippen molar-refractivity contribution in [3.8, 4) is 0 Å². The lowest BCUT2D eigenvalue weighted by Crippen LogP contribution is -2.59. The molecule has 2 aliphatic rings. The zero-order valence-electron chi connectivity index (χ0n) is 10.7. The van der Waals surface area contributed by atoms with Gasteiger partial charge in [-0.25, -0.2) is 4.98 Å². The second kappa shape index (κ2) is 4.10. The predicted molar refractivity (Wildman–Crippen MR) is 65.6 cm³/mol. The Morgan fingerprint density at radius 2 is 2.41 bits per heavy atom. The highest BCUT2D eigenvalue weighted by molar-refractivity contribution is 5.02. The lowest BCUT2D eigenvalue weighted by Gasteiger charge is -2.41. The first-order chi connectivity index (χ1) is 8.16. The first kappa shape index (κ1) is 11.2. The number of hydrogen-bond donors (Lipinski definition) is 1. The zero-order valence-corrected chi connectivity index (χ0v) is 10.7. The standard InChI is InChI=1S/C13H21N3O/c1-10-7-14-12(17-10)8-16-6-5-15-13(2,9-16)11-3-4-11/h7,11,15H,3-6,8-9H2,1-2H3. The van der Waals surface area contributed by atoms with E-state index < -0.39 is 0 Å². The fraction of sp³-hybridized carbons (Fsp3) is 0.769. The number of aromatic nitrogens is 1. The Morgan fingerprint density at radius 3 is 3.06 bits per heavy atom. The number of oxazole rings is 1. The number of piperazine rings is 1. The van der Waals surface area contributed by atoms with Crippen LogP contribution in [0, 0.1) is 12.8 Å². The van der Waals surface area contributed by atoms with Gasteiger partial charge in [0.2, 0.25) is 5.89 Å². The highest BCUT2D eigenvalue weighted by atomic mass is 16.4. The Hall–Kier alpha value is -0.870. The van der Waals surface area contributed by atoms with Crippen LogP contribution in [0.5, 0.6) is 0 Å². The summed E-state index contributed by atoms with van der Waals surface area (Å²) in [6.45, 7) is 8.42. The second-order valence-electron chi connectivity index (χ2n) is 5.69. The van der Waals surface area contributed by atoms with E-state index in [1.54, 1.807) is 6.20 Å². The average molecular weight is 235 g/mol. The Bertz CT molecular complexity index is 399. The van der Waals surface area contributed by atoms with E-state index in [9.17, 15) is 0 Å². The molecule has 1 saturated carbocycles. The molecule has 0 radical (unpaired) electrons. The van der Waals surface area contributed by atoms with Crippen molar-refractivity contribution in [2.45, 2.75) is 38.8 Å². The van der Waals surface area contributed by atoms with E-state index in [0.29, 0.717) is 5.54 Å². The van der Waals surface area contributed by atoms with Gasteiger partial charge < -0.3 is 9.73 Å². The van der Waals surface area contributed by atoms with Gasteiger partial charge in [0, 0.05) is 25.2 Å². The largest absolute Gasteiger partial charge is 0.445 e. The van der Waals surface area contributed by atoms with Crippen molar-refractivity contribution in [1.29, 1.82) is 0 Å². The molecule has 1 aliphatic carbocycles. The van der Waals surface area contributed by atoms with Crippen molar-refractivity contribution in [1.82, 2.24) is 15.2 Å². The van der Waals surface area contributed by atoms with Crippen LogP contribution in [0.1, 0.15) is 31.4 Å². The van der Waals surface area contributed by atoms with E-state index >= 15 is 0 Å². The van der Waals surface area contributed by atoms with Crippen LogP contribution < -0.4 is 5.32 Å². The topological polar surface area (TPSA) is 41.3 Å². The summed E-state index contributed by atoms with van der Waals surface area (Å²) in [6.07, 6.45) is 4.57. The van der Waals surface area contributed by atoms with Crippen LogP contribution in [-0.4, -0.2) is 35.1 Å². The molecule has 2 fully saturated rings. The molecule has 4 heteroatoms. The van der Waals surface area contributed by atoms with Gasteiger partial charge in [-0.15, -0.1) is 0 Å². The summed E-state index contributed by atoms with van der Waals surface area (Å²) >= 11 is 0. The van der Waals surface area contributed by atoms with Crippen LogP contribution >= 0.6 is 0 Å². The van der Waals surface area contributed by atoms with Crippen LogP contribution in [0.15, 0.2) is 10.6 Å². The Kier molecular flexibility index (Phi) is 2.71. The summed E-state index contributed by atoms with van der Waals surface area (Å²) < 4.78 is 5.56. The number of rotatable bonds is 3. The fourth-order valence-electron chi connectivity index (χ4n) is 2.89. The molecule has 4 nitrogen and oxygen atoms in total. The normalized spacial score (nSPS) is 30.7. The molecule has 1 N–H and O–H groups in total. The van der Waals surface area contributed by atoms with Gasteiger partial charge in [0.05, 0.1) is 12.7 Å². The molecule has 1 aromatic heterocycles. The maximum absolute atomic E-state index is 5.56. The third-order valence-corrected chi connectivity index (χ3v) is 4.02. The van der Waals surface area contributed by atoms with Gasteiger partial charge in [-0.3, -0.25) is 4.90 Å². The van der Waals surface area contributed by atoms with Crippen LogP contribution in [-0.2, 0) is 6.54 Å². The maximum atomic E-state index is 5.56. The predicted octanol–water partition coefficient (Wildman–Crippen LogP) is 1.56. The van der Waals surface area contributed by atoms with E-state index in [0.717, 1.165) is 43.7 Å². The SMILES string of the molecule is Cc1cnc(CN2CCNC(C)(C3CC3)C2)o1. The lowest BCUT2D eigenvalue weighted by atomic mass is 9.93. The minimum atomic E-state index is 0.305. The first-order valence-electron chi connectivity index (χ1n) is 6.54. The van der Waals surface area contributed by atoms with Gasteiger partial charge >= 0.3 is 0 Å². The fourth-order valence-corrected chi connectivity index (χ4v) is 2.89. The summed E-state index contributed by atoms with van der Waals surface area (Å²) in [7, 11) is 0. The zero-order chi connectivity index (χ0) is 11.9. The Morgan fingerprint density at radius 1 is 1.59 bits per heavy atom. The molecule has 2 heterocycles. The van der Waals surface area contributed by atoms with Gasteiger partial charge in [0.15, 0.2) is 0 Å². The van der Waals surface area contributed by atoms with Gasteiger partial charge in [-0.05, 0) is 32.6 Å². The van der Waals surface area contributed by atoms with Gasteiger partial charge in [-0.1, -0.05) is 0 Å². The van der Waals surface area contributed by atoms with Crippen molar-refractivity contribution in [3.63, 3.8) is 0 Å². The molecular weight excluding hydrogens is 214 g/mol. The van der Waals surface area contributed by atoms with Crippen molar-refractivity contribution in [3.05, 3.63) is 17.8 Å². The van der Waals surface area contributed by atoms with Crippen LogP contribution in [0.25, 0.3) is 0 Å². The number of nitrogens with one attached hydrogen (secondary N) is 1. The van der Waals surface area contributed by atoms with E-state index in [-0.39, 0.29) is 0 Å². The minimum absolute atomic E-state index is 0.305. The van der Waals surface area contributed by atoms with Crippen molar-refractivity contribution < 1.29 is 4.42 Å². The third kappa shape index (κ3) is 2.38. The highest BCUT2D eigenvalue weighted by Crippen LogP contribution is 2.40. The molecule has 0 bridgehead atoms.